The summed E-state index contributed by atoms with van der Waals surface area (Å²) in [6.45, 7) is 1.85. The Balaban J connectivity index is 2.06. The Hall–Kier alpha value is -1.68. The Morgan fingerprint density at radius 1 is 1.41 bits per heavy atom. The highest BCUT2D eigenvalue weighted by Gasteiger charge is 2.40. The van der Waals surface area contributed by atoms with Crippen molar-refractivity contribution in [3.05, 3.63) is 47.8 Å². The Labute approximate surface area is 99.1 Å². The van der Waals surface area contributed by atoms with Crippen molar-refractivity contribution in [2.75, 3.05) is 0 Å². The summed E-state index contributed by atoms with van der Waals surface area (Å²) in [4.78, 5) is 4.09. The minimum Gasteiger partial charge on any atom is -0.321 e. The topological polar surface area (TPSA) is 43.8 Å². The van der Waals surface area contributed by atoms with Gasteiger partial charge in [0.1, 0.15) is 11.6 Å². The molecule has 1 aliphatic rings. The molecule has 0 amide bonds. The zero-order valence-corrected chi connectivity index (χ0v) is 9.65. The number of aromatic nitrogens is 2. The van der Waals surface area contributed by atoms with Crippen LogP contribution in [0.3, 0.4) is 0 Å². The van der Waals surface area contributed by atoms with Gasteiger partial charge < -0.3 is 10.3 Å². The highest BCUT2D eigenvalue weighted by atomic mass is 19.1. The number of hydrogen-bond donors (Lipinski definition) is 1. The van der Waals surface area contributed by atoms with Gasteiger partial charge in [-0.25, -0.2) is 9.37 Å². The number of benzene rings is 1. The number of hydrogen-bond acceptors (Lipinski definition) is 2. The van der Waals surface area contributed by atoms with E-state index in [4.69, 9.17) is 5.73 Å². The first kappa shape index (κ1) is 10.5. The standard InChI is InChI=1S/C13H14FN3/c1-9-16-6-7-17(9)12-3-2-10(8-11(12)14)13(15)4-5-13/h2-3,6-8H,4-5,15H2,1H3. The van der Waals surface area contributed by atoms with Gasteiger partial charge in [-0.2, -0.15) is 0 Å². The van der Waals surface area contributed by atoms with Gasteiger partial charge in [-0.3, -0.25) is 0 Å². The molecular formula is C13H14FN3. The Morgan fingerprint density at radius 3 is 2.71 bits per heavy atom. The van der Waals surface area contributed by atoms with Gasteiger partial charge in [-0.05, 0) is 37.5 Å². The molecule has 0 unspecified atom stereocenters. The molecule has 1 aromatic heterocycles. The van der Waals surface area contributed by atoms with Gasteiger partial charge in [0.2, 0.25) is 0 Å². The Kier molecular flexibility index (Phi) is 2.10. The fourth-order valence-electron chi connectivity index (χ4n) is 2.07. The lowest BCUT2D eigenvalue weighted by Crippen LogP contribution is -2.19. The van der Waals surface area contributed by atoms with E-state index in [0.717, 1.165) is 24.2 Å². The van der Waals surface area contributed by atoms with Gasteiger partial charge in [-0.15, -0.1) is 0 Å². The fraction of sp³-hybridized carbons (Fsp3) is 0.308. The van der Waals surface area contributed by atoms with Crippen LogP contribution >= 0.6 is 0 Å². The van der Waals surface area contributed by atoms with E-state index < -0.39 is 0 Å². The van der Waals surface area contributed by atoms with Crippen LogP contribution in [0.5, 0.6) is 0 Å². The zero-order valence-electron chi connectivity index (χ0n) is 9.65. The first-order valence-electron chi connectivity index (χ1n) is 5.69. The number of aryl methyl sites for hydroxylation is 1. The minimum atomic E-state index is -0.288. The van der Waals surface area contributed by atoms with Crippen molar-refractivity contribution in [3.8, 4) is 5.69 Å². The third-order valence-corrected chi connectivity index (χ3v) is 3.40. The summed E-state index contributed by atoms with van der Waals surface area (Å²) >= 11 is 0. The molecule has 17 heavy (non-hydrogen) atoms. The third kappa shape index (κ3) is 1.65. The molecule has 1 aromatic carbocycles. The van der Waals surface area contributed by atoms with E-state index in [1.165, 1.54) is 0 Å². The van der Waals surface area contributed by atoms with Crippen LogP contribution in [0.2, 0.25) is 0 Å². The lowest BCUT2D eigenvalue weighted by atomic mass is 10.1. The van der Waals surface area contributed by atoms with Crippen LogP contribution in [-0.2, 0) is 5.54 Å². The molecule has 0 spiro atoms. The third-order valence-electron chi connectivity index (χ3n) is 3.40. The van der Waals surface area contributed by atoms with E-state index >= 15 is 0 Å². The molecule has 0 bridgehead atoms. The summed E-state index contributed by atoms with van der Waals surface area (Å²) < 4.78 is 15.8. The minimum absolute atomic E-state index is 0.250. The number of imidazole rings is 1. The fourth-order valence-corrected chi connectivity index (χ4v) is 2.07. The van der Waals surface area contributed by atoms with E-state index in [1.807, 2.05) is 13.0 Å². The van der Waals surface area contributed by atoms with Crippen molar-refractivity contribution < 1.29 is 4.39 Å². The number of rotatable bonds is 2. The maximum Gasteiger partial charge on any atom is 0.147 e. The molecule has 4 heteroatoms. The van der Waals surface area contributed by atoms with Crippen LogP contribution in [0.25, 0.3) is 5.69 Å². The summed E-state index contributed by atoms with van der Waals surface area (Å²) in [5.41, 5.74) is 7.17. The molecular weight excluding hydrogens is 217 g/mol. The van der Waals surface area contributed by atoms with E-state index in [9.17, 15) is 4.39 Å². The zero-order chi connectivity index (χ0) is 12.0. The average Bonchev–Trinajstić information content (AvgIpc) is 2.91. The average molecular weight is 231 g/mol. The molecule has 1 aliphatic carbocycles. The molecule has 1 fully saturated rings. The van der Waals surface area contributed by atoms with Gasteiger partial charge >= 0.3 is 0 Å². The van der Waals surface area contributed by atoms with E-state index in [1.54, 1.807) is 29.1 Å². The summed E-state index contributed by atoms with van der Waals surface area (Å²) in [5, 5.41) is 0. The van der Waals surface area contributed by atoms with Crippen LogP contribution in [-0.4, -0.2) is 9.55 Å². The maximum absolute atomic E-state index is 14.0. The van der Waals surface area contributed by atoms with Gasteiger partial charge in [0.25, 0.3) is 0 Å². The molecule has 2 N–H and O–H groups in total. The summed E-state index contributed by atoms with van der Waals surface area (Å²) in [6.07, 6.45) is 5.29. The van der Waals surface area contributed by atoms with Gasteiger partial charge in [0, 0.05) is 17.9 Å². The van der Waals surface area contributed by atoms with Crippen molar-refractivity contribution in [3.63, 3.8) is 0 Å². The van der Waals surface area contributed by atoms with Crippen molar-refractivity contribution in [1.82, 2.24) is 9.55 Å². The van der Waals surface area contributed by atoms with E-state index in [0.29, 0.717) is 5.69 Å². The second-order valence-electron chi connectivity index (χ2n) is 4.67. The van der Waals surface area contributed by atoms with Gasteiger partial charge in [0.05, 0.1) is 5.69 Å². The van der Waals surface area contributed by atoms with Gasteiger partial charge in [-0.1, -0.05) is 6.07 Å². The molecule has 3 rings (SSSR count). The van der Waals surface area contributed by atoms with Crippen LogP contribution in [0.4, 0.5) is 4.39 Å². The molecule has 88 valence electrons. The van der Waals surface area contributed by atoms with Crippen LogP contribution in [0.1, 0.15) is 24.2 Å². The van der Waals surface area contributed by atoms with Crippen LogP contribution < -0.4 is 5.73 Å². The largest absolute Gasteiger partial charge is 0.321 e. The molecule has 0 radical (unpaired) electrons. The smallest absolute Gasteiger partial charge is 0.147 e. The number of nitrogens with zero attached hydrogens (tertiary/aromatic N) is 2. The predicted molar refractivity (Wildman–Crippen MR) is 63.4 cm³/mol. The van der Waals surface area contributed by atoms with Crippen molar-refractivity contribution in [2.45, 2.75) is 25.3 Å². The van der Waals surface area contributed by atoms with Crippen LogP contribution in [0.15, 0.2) is 30.6 Å². The number of nitrogens with two attached hydrogens (primary N) is 1. The van der Waals surface area contributed by atoms with Crippen molar-refractivity contribution >= 4 is 0 Å². The van der Waals surface area contributed by atoms with Gasteiger partial charge in [0.15, 0.2) is 0 Å². The Bertz CT molecular complexity index is 570. The Morgan fingerprint density at radius 2 is 2.18 bits per heavy atom. The second kappa shape index (κ2) is 3.40. The molecule has 0 saturated heterocycles. The van der Waals surface area contributed by atoms with E-state index in [-0.39, 0.29) is 11.4 Å². The quantitative estimate of drug-likeness (QED) is 0.861. The molecule has 0 atom stereocenters. The lowest BCUT2D eigenvalue weighted by molar-refractivity contribution is 0.607. The number of halogens is 1. The monoisotopic (exact) mass is 231 g/mol. The maximum atomic E-state index is 14.0. The molecule has 0 aliphatic heterocycles. The van der Waals surface area contributed by atoms with Crippen molar-refractivity contribution in [2.24, 2.45) is 5.73 Å². The highest BCUT2D eigenvalue weighted by Crippen LogP contribution is 2.43. The highest BCUT2D eigenvalue weighted by molar-refractivity contribution is 5.41. The van der Waals surface area contributed by atoms with Crippen LogP contribution in [0, 0.1) is 12.7 Å². The summed E-state index contributed by atoms with van der Waals surface area (Å²) in [5.74, 6) is 0.519. The molecule has 2 aromatic rings. The SMILES string of the molecule is Cc1nccn1-c1ccc(C2(N)CC2)cc1F. The second-order valence-corrected chi connectivity index (χ2v) is 4.67. The normalized spacial score (nSPS) is 17.1. The lowest BCUT2D eigenvalue weighted by Gasteiger charge is -2.12. The predicted octanol–water partition coefficient (Wildman–Crippen LogP) is 2.27. The van der Waals surface area contributed by atoms with Crippen molar-refractivity contribution in [1.29, 1.82) is 0 Å². The first-order valence-corrected chi connectivity index (χ1v) is 5.69. The first-order chi connectivity index (χ1) is 8.10. The van der Waals surface area contributed by atoms with E-state index in [2.05, 4.69) is 4.98 Å². The summed E-state index contributed by atoms with van der Waals surface area (Å²) in [7, 11) is 0. The molecule has 3 nitrogen and oxygen atoms in total. The molecule has 1 saturated carbocycles. The summed E-state index contributed by atoms with van der Waals surface area (Å²) in [6, 6.07) is 5.22. The molecule has 1 heterocycles.